The Morgan fingerprint density at radius 2 is 1.67 bits per heavy atom. The van der Waals surface area contributed by atoms with Crippen LogP contribution in [0, 0.1) is 0 Å². The molecule has 1 aliphatic carbocycles. The molecule has 136 valence electrons. The van der Waals surface area contributed by atoms with E-state index in [1.54, 1.807) is 35.0 Å². The minimum atomic E-state index is -1.11. The highest BCUT2D eigenvalue weighted by atomic mass is 16.4. The van der Waals surface area contributed by atoms with Gasteiger partial charge in [-0.25, -0.2) is 9.48 Å². The Labute approximate surface area is 156 Å². The molecule has 0 radical (unpaired) electrons. The molecule has 1 heterocycles. The summed E-state index contributed by atoms with van der Waals surface area (Å²) in [5, 5.41) is 16.7. The average Bonchev–Trinajstić information content (AvgIpc) is 3.29. The highest BCUT2D eigenvalue weighted by Gasteiger charge is 2.30. The SMILES string of the molecule is O=C(N[C@@H](C(=O)O)c1ccccc1)c1nn(-c2ccccc2)c2c1CCC2. The number of carbonyl (C=O) groups excluding carboxylic acids is 1. The number of aromatic nitrogens is 2. The molecule has 27 heavy (non-hydrogen) atoms. The number of aliphatic carboxylic acids is 1. The first-order valence-electron chi connectivity index (χ1n) is 8.90. The van der Waals surface area contributed by atoms with E-state index in [1.807, 2.05) is 30.3 Å². The maximum atomic E-state index is 12.9. The number of benzene rings is 2. The molecule has 2 N–H and O–H groups in total. The van der Waals surface area contributed by atoms with Crippen LogP contribution in [0.3, 0.4) is 0 Å². The van der Waals surface area contributed by atoms with Crippen molar-refractivity contribution in [2.24, 2.45) is 0 Å². The van der Waals surface area contributed by atoms with Crippen molar-refractivity contribution >= 4 is 11.9 Å². The molecule has 1 amide bonds. The van der Waals surface area contributed by atoms with Gasteiger partial charge in [0.1, 0.15) is 0 Å². The van der Waals surface area contributed by atoms with Crippen molar-refractivity contribution < 1.29 is 14.7 Å². The summed E-state index contributed by atoms with van der Waals surface area (Å²) in [5.74, 6) is -1.56. The number of para-hydroxylation sites is 1. The van der Waals surface area contributed by atoms with Crippen LogP contribution < -0.4 is 5.32 Å². The zero-order valence-electron chi connectivity index (χ0n) is 14.6. The third kappa shape index (κ3) is 3.21. The summed E-state index contributed by atoms with van der Waals surface area (Å²) in [6, 6.07) is 17.2. The molecule has 1 aromatic heterocycles. The lowest BCUT2D eigenvalue weighted by Crippen LogP contribution is -2.34. The van der Waals surface area contributed by atoms with Gasteiger partial charge in [0.25, 0.3) is 5.91 Å². The topological polar surface area (TPSA) is 84.2 Å². The minimum Gasteiger partial charge on any atom is -0.479 e. The molecular formula is C21H19N3O3. The molecule has 0 fully saturated rings. The second-order valence-electron chi connectivity index (χ2n) is 6.53. The van der Waals surface area contributed by atoms with E-state index >= 15 is 0 Å². The van der Waals surface area contributed by atoms with Crippen LogP contribution in [0.2, 0.25) is 0 Å². The smallest absolute Gasteiger partial charge is 0.330 e. The van der Waals surface area contributed by atoms with E-state index in [0.29, 0.717) is 11.3 Å². The number of amides is 1. The first-order valence-corrected chi connectivity index (χ1v) is 8.90. The molecule has 4 rings (SSSR count). The van der Waals surface area contributed by atoms with Crippen molar-refractivity contribution in [3.05, 3.63) is 83.2 Å². The van der Waals surface area contributed by atoms with Crippen LogP contribution in [0.15, 0.2) is 60.7 Å². The van der Waals surface area contributed by atoms with Crippen molar-refractivity contribution in [1.82, 2.24) is 15.1 Å². The molecule has 3 aromatic rings. The first kappa shape index (κ1) is 17.0. The zero-order chi connectivity index (χ0) is 18.8. The molecule has 0 spiro atoms. The average molecular weight is 361 g/mol. The van der Waals surface area contributed by atoms with Gasteiger partial charge >= 0.3 is 5.97 Å². The minimum absolute atomic E-state index is 0.313. The van der Waals surface area contributed by atoms with Gasteiger partial charge in [0.15, 0.2) is 11.7 Å². The molecule has 1 atom stereocenters. The van der Waals surface area contributed by atoms with Gasteiger partial charge in [-0.05, 0) is 37.0 Å². The highest BCUT2D eigenvalue weighted by molar-refractivity contribution is 5.97. The number of hydrogen-bond acceptors (Lipinski definition) is 3. The normalized spacial score (nSPS) is 13.8. The first-order chi connectivity index (χ1) is 13.1. The maximum absolute atomic E-state index is 12.9. The molecule has 6 nitrogen and oxygen atoms in total. The van der Waals surface area contributed by atoms with Crippen molar-refractivity contribution in [2.75, 3.05) is 0 Å². The van der Waals surface area contributed by atoms with Gasteiger partial charge in [0.2, 0.25) is 0 Å². The van der Waals surface area contributed by atoms with Crippen LogP contribution in [-0.2, 0) is 17.6 Å². The van der Waals surface area contributed by atoms with Crippen LogP contribution in [-0.4, -0.2) is 26.8 Å². The van der Waals surface area contributed by atoms with E-state index in [4.69, 9.17) is 0 Å². The lowest BCUT2D eigenvalue weighted by atomic mass is 10.1. The molecule has 0 unspecified atom stereocenters. The van der Waals surface area contributed by atoms with Gasteiger partial charge in [-0.15, -0.1) is 0 Å². The second kappa shape index (κ2) is 7.07. The standard InChI is InChI=1S/C21H19N3O3/c25-20(22-18(21(26)27)14-8-3-1-4-9-14)19-16-12-7-13-17(16)24(23-19)15-10-5-2-6-11-15/h1-6,8-11,18H,7,12-13H2,(H,22,25)(H,26,27)/t18-/m1/s1. The van der Waals surface area contributed by atoms with Gasteiger partial charge < -0.3 is 10.4 Å². The predicted molar refractivity (Wildman–Crippen MR) is 99.9 cm³/mol. The summed E-state index contributed by atoms with van der Waals surface area (Å²) in [5.41, 5.74) is 3.67. The van der Waals surface area contributed by atoms with E-state index in [0.717, 1.165) is 36.2 Å². The number of hydrogen-bond donors (Lipinski definition) is 2. The number of fused-ring (bicyclic) bond motifs is 1. The molecule has 1 aliphatic rings. The number of rotatable bonds is 5. The Hall–Kier alpha value is -3.41. The fraction of sp³-hybridized carbons (Fsp3) is 0.190. The summed E-state index contributed by atoms with van der Waals surface area (Å²) in [6.07, 6.45) is 2.58. The van der Waals surface area contributed by atoms with Crippen molar-refractivity contribution in [2.45, 2.75) is 25.3 Å². The number of nitrogens with zero attached hydrogens (tertiary/aromatic N) is 2. The number of nitrogens with one attached hydrogen (secondary N) is 1. The monoisotopic (exact) mass is 361 g/mol. The zero-order valence-corrected chi connectivity index (χ0v) is 14.6. The van der Waals surface area contributed by atoms with E-state index in [9.17, 15) is 14.7 Å². The van der Waals surface area contributed by atoms with Crippen LogP contribution in [0.25, 0.3) is 5.69 Å². The van der Waals surface area contributed by atoms with E-state index in [1.165, 1.54) is 0 Å². The Morgan fingerprint density at radius 3 is 2.33 bits per heavy atom. The number of carbonyl (C=O) groups is 2. The Balaban J connectivity index is 1.67. The van der Waals surface area contributed by atoms with Crippen LogP contribution in [0.4, 0.5) is 0 Å². The Kier molecular flexibility index (Phi) is 4.46. The number of carboxylic acids is 1. The largest absolute Gasteiger partial charge is 0.479 e. The third-order valence-electron chi connectivity index (χ3n) is 4.80. The molecule has 2 aromatic carbocycles. The summed E-state index contributed by atoms with van der Waals surface area (Å²) in [6.45, 7) is 0. The van der Waals surface area contributed by atoms with Crippen LogP contribution in [0.1, 0.15) is 39.8 Å². The number of carboxylic acid groups (broad SMARTS) is 1. The van der Waals surface area contributed by atoms with E-state index in [-0.39, 0.29) is 0 Å². The molecule has 6 heteroatoms. The third-order valence-corrected chi connectivity index (χ3v) is 4.80. The lowest BCUT2D eigenvalue weighted by Gasteiger charge is -2.14. The van der Waals surface area contributed by atoms with Gasteiger partial charge in [0.05, 0.1) is 5.69 Å². The molecule has 0 aliphatic heterocycles. The van der Waals surface area contributed by atoms with Gasteiger partial charge in [-0.2, -0.15) is 5.10 Å². The van der Waals surface area contributed by atoms with Crippen molar-refractivity contribution in [1.29, 1.82) is 0 Å². The van der Waals surface area contributed by atoms with E-state index in [2.05, 4.69) is 10.4 Å². The van der Waals surface area contributed by atoms with Gasteiger partial charge in [-0.3, -0.25) is 4.79 Å². The van der Waals surface area contributed by atoms with Crippen molar-refractivity contribution in [3.8, 4) is 5.69 Å². The second-order valence-corrected chi connectivity index (χ2v) is 6.53. The summed E-state index contributed by atoms with van der Waals surface area (Å²) >= 11 is 0. The van der Waals surface area contributed by atoms with E-state index < -0.39 is 17.9 Å². The van der Waals surface area contributed by atoms with Gasteiger partial charge in [-0.1, -0.05) is 48.5 Å². The molecule has 0 saturated carbocycles. The van der Waals surface area contributed by atoms with Crippen LogP contribution >= 0.6 is 0 Å². The fourth-order valence-electron chi connectivity index (χ4n) is 3.54. The van der Waals surface area contributed by atoms with Crippen molar-refractivity contribution in [3.63, 3.8) is 0 Å². The molecule has 0 bridgehead atoms. The Bertz CT molecular complexity index is 981. The summed E-state index contributed by atoms with van der Waals surface area (Å²) in [7, 11) is 0. The van der Waals surface area contributed by atoms with Gasteiger partial charge in [0, 0.05) is 11.3 Å². The summed E-state index contributed by atoms with van der Waals surface area (Å²) < 4.78 is 1.80. The quantitative estimate of drug-likeness (QED) is 0.732. The molecule has 0 saturated heterocycles. The summed E-state index contributed by atoms with van der Waals surface area (Å²) in [4.78, 5) is 24.6. The molecular weight excluding hydrogens is 342 g/mol. The lowest BCUT2D eigenvalue weighted by molar-refractivity contribution is -0.139. The Morgan fingerprint density at radius 1 is 1.00 bits per heavy atom. The van der Waals surface area contributed by atoms with Crippen LogP contribution in [0.5, 0.6) is 0 Å². The maximum Gasteiger partial charge on any atom is 0.330 e. The highest BCUT2D eigenvalue weighted by Crippen LogP contribution is 2.28. The fourth-order valence-corrected chi connectivity index (χ4v) is 3.54. The predicted octanol–water partition coefficient (Wildman–Crippen LogP) is 2.92.